The first-order valence-electron chi connectivity index (χ1n) is 6.97. The highest BCUT2D eigenvalue weighted by Gasteiger charge is 2.17. The molecule has 0 saturated carbocycles. The number of halogens is 2. The second-order valence-corrected chi connectivity index (χ2v) is 10.3. The number of nitrogens with two attached hydrogens (primary N) is 2. The van der Waals surface area contributed by atoms with Crippen LogP contribution in [-0.4, -0.2) is 0 Å². The van der Waals surface area contributed by atoms with Crippen molar-refractivity contribution in [3.05, 3.63) is 42.6 Å². The van der Waals surface area contributed by atoms with E-state index in [4.69, 9.17) is 11.7 Å². The summed E-state index contributed by atoms with van der Waals surface area (Å²) in [6.45, 7) is 0. The van der Waals surface area contributed by atoms with Gasteiger partial charge < -0.3 is 11.7 Å². The van der Waals surface area contributed by atoms with Gasteiger partial charge in [0.25, 0.3) is 0 Å². The molecule has 0 aliphatic heterocycles. The molecule has 0 unspecified atom stereocenters. The maximum absolute atomic E-state index is 5.70. The molecule has 4 N–H and O–H groups in total. The number of hydrogen-bond acceptors (Lipinski definition) is 6. The van der Waals surface area contributed by atoms with Gasteiger partial charge in [0.1, 0.15) is 0 Å². The van der Waals surface area contributed by atoms with Crippen molar-refractivity contribution in [2.45, 2.75) is 0 Å². The molecule has 0 radical (unpaired) electrons. The minimum atomic E-state index is 0.833. The predicted molar refractivity (Wildman–Crippen MR) is 109 cm³/mol. The van der Waals surface area contributed by atoms with Gasteiger partial charge in [-0.05, 0) is 56.1 Å². The Labute approximate surface area is 160 Å². The number of thiophene rings is 2. The molecule has 8 heteroatoms. The number of benzene rings is 1. The van der Waals surface area contributed by atoms with Crippen LogP contribution in [0.1, 0.15) is 0 Å². The summed E-state index contributed by atoms with van der Waals surface area (Å²) in [5, 5.41) is 16.3. The van der Waals surface area contributed by atoms with Gasteiger partial charge in [0, 0.05) is 41.7 Å². The average molecular weight is 480 g/mol. The first-order valence-corrected chi connectivity index (χ1v) is 10.2. The van der Waals surface area contributed by atoms with Crippen molar-refractivity contribution in [3.8, 4) is 0 Å². The highest BCUT2D eigenvalue weighted by atomic mass is 79.9. The molecule has 118 valence electrons. The Kier molecular flexibility index (Phi) is 3.10. The zero-order valence-corrected chi connectivity index (χ0v) is 16.7. The quantitative estimate of drug-likeness (QED) is 0.255. The normalized spacial score (nSPS) is 14.2. The van der Waals surface area contributed by atoms with E-state index in [2.05, 4.69) is 66.3 Å². The van der Waals surface area contributed by atoms with E-state index in [9.17, 15) is 0 Å². The maximum atomic E-state index is 5.70. The van der Waals surface area contributed by atoms with Gasteiger partial charge in [0.15, 0.2) is 0 Å². The summed E-state index contributed by atoms with van der Waals surface area (Å²) >= 11 is 10.5. The van der Waals surface area contributed by atoms with Crippen molar-refractivity contribution in [1.82, 2.24) is 0 Å². The third-order valence-electron chi connectivity index (χ3n) is 4.33. The lowest BCUT2D eigenvalue weighted by Gasteiger charge is -1.95. The Morgan fingerprint density at radius 1 is 0.625 bits per heavy atom. The number of hydrogen-bond donors (Lipinski definition) is 2. The Morgan fingerprint density at radius 3 is 1.42 bits per heavy atom. The third-order valence-corrected chi connectivity index (χ3v) is 7.67. The van der Waals surface area contributed by atoms with Crippen LogP contribution in [0.4, 0.5) is 0 Å². The molecular formula is C16H8Br2N4S2. The Hall–Kier alpha value is -1.48. The number of fused-ring (bicyclic) bond motifs is 6. The van der Waals surface area contributed by atoms with Gasteiger partial charge in [0.05, 0.1) is 18.3 Å². The topological polar surface area (TPSA) is 76.8 Å². The van der Waals surface area contributed by atoms with Gasteiger partial charge in [-0.15, -0.1) is 22.7 Å². The molecule has 0 atom stereocenters. The molecule has 2 heterocycles. The maximum Gasteiger partial charge on any atom is 0.0993 e. The minimum Gasteiger partial charge on any atom is -0.323 e. The second-order valence-electron chi connectivity index (χ2n) is 5.49. The van der Waals surface area contributed by atoms with Crippen molar-refractivity contribution in [1.29, 1.82) is 0 Å². The van der Waals surface area contributed by atoms with Crippen LogP contribution in [0.2, 0.25) is 0 Å². The summed E-state index contributed by atoms with van der Waals surface area (Å²) in [5.41, 5.74) is 0. The zero-order chi connectivity index (χ0) is 16.6. The summed E-state index contributed by atoms with van der Waals surface area (Å²) in [6.07, 6.45) is 0. The molecule has 0 fully saturated rings. The molecule has 4 nitrogen and oxygen atoms in total. The van der Waals surface area contributed by atoms with Crippen molar-refractivity contribution in [3.63, 3.8) is 0 Å². The Balaban J connectivity index is 2.13. The largest absolute Gasteiger partial charge is 0.323 e. The van der Waals surface area contributed by atoms with E-state index in [1.807, 2.05) is 0 Å². The molecule has 0 spiro atoms. The molecule has 0 aliphatic rings. The number of rotatable bonds is 0. The summed E-state index contributed by atoms with van der Waals surface area (Å²) < 4.78 is 4.49. The van der Waals surface area contributed by atoms with E-state index in [0.717, 1.165) is 50.6 Å². The van der Waals surface area contributed by atoms with E-state index < -0.39 is 0 Å². The van der Waals surface area contributed by atoms with Crippen LogP contribution < -0.4 is 22.4 Å². The van der Waals surface area contributed by atoms with Gasteiger partial charge in [-0.1, -0.05) is 0 Å². The lowest BCUT2D eigenvalue weighted by Crippen LogP contribution is -2.04. The van der Waals surface area contributed by atoms with Crippen LogP contribution in [-0.2, 0) is 0 Å². The first-order chi connectivity index (χ1) is 11.6. The fraction of sp³-hybridized carbons (Fsp3) is 0. The molecule has 0 bridgehead atoms. The second kappa shape index (κ2) is 5.01. The fourth-order valence-corrected chi connectivity index (χ4v) is 6.67. The Bertz CT molecular complexity index is 1290. The average Bonchev–Trinajstić information content (AvgIpc) is 3.24. The summed E-state index contributed by atoms with van der Waals surface area (Å²) in [5.74, 6) is 11.4. The molecular weight excluding hydrogens is 472 g/mol. The summed E-state index contributed by atoms with van der Waals surface area (Å²) in [7, 11) is 0. The van der Waals surface area contributed by atoms with E-state index in [0.29, 0.717) is 0 Å². The van der Waals surface area contributed by atoms with Crippen LogP contribution >= 0.6 is 54.5 Å². The minimum absolute atomic E-state index is 0.833. The molecule has 0 amide bonds. The van der Waals surface area contributed by atoms with Crippen LogP contribution in [0.3, 0.4) is 0 Å². The van der Waals surface area contributed by atoms with E-state index >= 15 is 0 Å². The highest BCUT2D eigenvalue weighted by molar-refractivity contribution is 9.11. The lowest BCUT2D eigenvalue weighted by molar-refractivity contribution is 1.17. The van der Waals surface area contributed by atoms with E-state index in [-0.39, 0.29) is 0 Å². The van der Waals surface area contributed by atoms with Gasteiger partial charge in [0.2, 0.25) is 0 Å². The van der Waals surface area contributed by atoms with Crippen LogP contribution in [0.15, 0.2) is 42.0 Å². The molecule has 3 aromatic carbocycles. The highest BCUT2D eigenvalue weighted by Crippen LogP contribution is 2.39. The lowest BCUT2D eigenvalue weighted by atomic mass is 10.1. The molecule has 5 aromatic rings. The standard InChI is InChI=1S/C16H8Br2N4S2/c17-11-4-10-14(22-20)6-2-8-5(1-7(6)15(10)23-11)13(21-19)9-3-12(18)24-16(8)9/h1-4H,19-20H2/b21-13-,22-14-. The first kappa shape index (κ1) is 14.8. The Morgan fingerprint density at radius 2 is 1.04 bits per heavy atom. The van der Waals surface area contributed by atoms with Crippen molar-refractivity contribution in [2.24, 2.45) is 21.9 Å². The predicted octanol–water partition coefficient (Wildman–Crippen LogP) is 4.37. The molecule has 0 saturated heterocycles. The van der Waals surface area contributed by atoms with Gasteiger partial charge in [-0.25, -0.2) is 0 Å². The SMILES string of the molecule is N/N=c1/c2cc3c(cc2c2sc(Br)cc12)/c(=N/N)c1cc(Br)sc13. The summed E-state index contributed by atoms with van der Waals surface area (Å²) in [4.78, 5) is 0. The van der Waals surface area contributed by atoms with Crippen LogP contribution in [0.5, 0.6) is 0 Å². The van der Waals surface area contributed by atoms with Gasteiger partial charge in [-0.3, -0.25) is 0 Å². The van der Waals surface area contributed by atoms with Crippen molar-refractivity contribution in [2.75, 3.05) is 0 Å². The smallest absolute Gasteiger partial charge is 0.0993 e. The van der Waals surface area contributed by atoms with E-state index in [1.54, 1.807) is 22.7 Å². The molecule has 0 aliphatic carbocycles. The van der Waals surface area contributed by atoms with Crippen molar-refractivity contribution >= 4 is 96.3 Å². The van der Waals surface area contributed by atoms with Gasteiger partial charge in [-0.2, -0.15) is 10.2 Å². The van der Waals surface area contributed by atoms with Gasteiger partial charge >= 0.3 is 0 Å². The molecule has 5 rings (SSSR count). The molecule has 2 aromatic heterocycles. The fourth-order valence-electron chi connectivity index (χ4n) is 3.41. The van der Waals surface area contributed by atoms with Crippen LogP contribution in [0.25, 0.3) is 41.7 Å². The third kappa shape index (κ3) is 1.77. The monoisotopic (exact) mass is 478 g/mol. The zero-order valence-electron chi connectivity index (χ0n) is 11.9. The summed E-state index contributed by atoms with van der Waals surface area (Å²) in [6, 6.07) is 8.47. The molecule has 24 heavy (non-hydrogen) atoms. The number of nitrogens with zero attached hydrogens (tertiary/aromatic N) is 2. The van der Waals surface area contributed by atoms with Crippen LogP contribution in [0, 0.1) is 0 Å². The van der Waals surface area contributed by atoms with Crippen molar-refractivity contribution < 1.29 is 0 Å². The van der Waals surface area contributed by atoms with E-state index in [1.165, 1.54) is 9.40 Å².